The number of nitrogens with one attached hydrogen (secondary N) is 1. The van der Waals surface area contributed by atoms with E-state index in [4.69, 9.17) is 4.74 Å². The number of rotatable bonds is 6. The minimum Gasteiger partial charge on any atom is -0.449 e. The van der Waals surface area contributed by atoms with Crippen LogP contribution in [0.1, 0.15) is 39.0 Å². The molecular formula is C12H22N2O3. The molecule has 0 saturated carbocycles. The number of ether oxygens (including phenoxy) is 1. The molecule has 1 aliphatic heterocycles. The molecule has 1 aliphatic rings. The summed E-state index contributed by atoms with van der Waals surface area (Å²) in [6.07, 6.45) is 5.28. The predicted molar refractivity (Wildman–Crippen MR) is 64.7 cm³/mol. The Labute approximate surface area is 102 Å². The molecule has 0 bridgehead atoms. The van der Waals surface area contributed by atoms with Gasteiger partial charge < -0.3 is 10.1 Å². The minimum atomic E-state index is -0.365. The lowest BCUT2D eigenvalue weighted by molar-refractivity contribution is -0.123. The highest BCUT2D eigenvalue weighted by molar-refractivity contribution is 5.83. The van der Waals surface area contributed by atoms with Crippen LogP contribution >= 0.6 is 0 Å². The van der Waals surface area contributed by atoms with Crippen molar-refractivity contribution < 1.29 is 14.3 Å². The van der Waals surface area contributed by atoms with Crippen molar-refractivity contribution in [1.82, 2.24) is 10.2 Å². The maximum Gasteiger partial charge on any atom is 0.410 e. The van der Waals surface area contributed by atoms with Crippen LogP contribution in [0, 0.1) is 0 Å². The summed E-state index contributed by atoms with van der Waals surface area (Å²) in [4.78, 5) is 24.1. The van der Waals surface area contributed by atoms with Gasteiger partial charge in [0.05, 0.1) is 6.61 Å². The number of carbonyl (C=O) groups is 2. The third kappa shape index (κ3) is 5.56. The van der Waals surface area contributed by atoms with Crippen molar-refractivity contribution in [1.29, 1.82) is 0 Å². The molecule has 1 N–H and O–H groups in total. The zero-order chi connectivity index (χ0) is 12.5. The predicted octanol–water partition coefficient (Wildman–Crippen LogP) is 1.53. The van der Waals surface area contributed by atoms with Gasteiger partial charge in [0.2, 0.25) is 5.91 Å². The van der Waals surface area contributed by atoms with Crippen LogP contribution in [0.25, 0.3) is 0 Å². The smallest absolute Gasteiger partial charge is 0.410 e. The summed E-state index contributed by atoms with van der Waals surface area (Å²) in [5.74, 6) is -0.115. The molecular weight excluding hydrogens is 220 g/mol. The quantitative estimate of drug-likeness (QED) is 0.718. The molecule has 98 valence electrons. The van der Waals surface area contributed by atoms with Gasteiger partial charge in [-0.05, 0) is 6.42 Å². The summed E-state index contributed by atoms with van der Waals surface area (Å²) < 4.78 is 5.12. The van der Waals surface area contributed by atoms with Crippen LogP contribution in [0.15, 0.2) is 0 Å². The number of hydrogen-bond donors (Lipinski definition) is 1. The van der Waals surface area contributed by atoms with Crippen LogP contribution in [0.4, 0.5) is 4.79 Å². The lowest BCUT2D eigenvalue weighted by Crippen LogP contribution is -2.50. The largest absolute Gasteiger partial charge is 0.449 e. The number of unbranched alkanes of at least 4 members (excludes halogenated alkanes) is 4. The van der Waals surface area contributed by atoms with Crippen LogP contribution < -0.4 is 5.32 Å². The van der Waals surface area contributed by atoms with E-state index in [2.05, 4.69) is 12.2 Å². The van der Waals surface area contributed by atoms with Gasteiger partial charge in [0.25, 0.3) is 0 Å². The second kappa shape index (κ2) is 7.92. The van der Waals surface area contributed by atoms with Gasteiger partial charge in [0, 0.05) is 13.1 Å². The highest BCUT2D eigenvalue weighted by Gasteiger charge is 2.21. The molecule has 0 radical (unpaired) electrons. The molecule has 0 aromatic heterocycles. The second-order valence-electron chi connectivity index (χ2n) is 4.30. The molecule has 0 spiro atoms. The van der Waals surface area contributed by atoms with Crippen molar-refractivity contribution in [2.45, 2.75) is 39.0 Å². The van der Waals surface area contributed by atoms with Gasteiger partial charge >= 0.3 is 6.09 Å². The summed E-state index contributed by atoms with van der Waals surface area (Å²) in [6, 6.07) is 0. The molecule has 2 amide bonds. The Balaban J connectivity index is 2.06. The topological polar surface area (TPSA) is 58.6 Å². The average Bonchev–Trinajstić information content (AvgIpc) is 2.33. The Morgan fingerprint density at radius 2 is 2.12 bits per heavy atom. The van der Waals surface area contributed by atoms with Crippen LogP contribution in [0.3, 0.4) is 0 Å². The van der Waals surface area contributed by atoms with E-state index in [-0.39, 0.29) is 18.5 Å². The highest BCUT2D eigenvalue weighted by atomic mass is 16.6. The molecule has 5 heteroatoms. The summed E-state index contributed by atoms with van der Waals surface area (Å²) >= 11 is 0. The molecule has 0 atom stereocenters. The lowest BCUT2D eigenvalue weighted by Gasteiger charge is -2.25. The van der Waals surface area contributed by atoms with Gasteiger partial charge in [-0.2, -0.15) is 0 Å². The van der Waals surface area contributed by atoms with E-state index in [0.717, 1.165) is 12.8 Å². The Hall–Kier alpha value is -1.26. The maximum absolute atomic E-state index is 11.6. The summed E-state index contributed by atoms with van der Waals surface area (Å²) in [6.45, 7) is 3.81. The van der Waals surface area contributed by atoms with Crippen LogP contribution in [-0.4, -0.2) is 43.1 Å². The van der Waals surface area contributed by atoms with E-state index >= 15 is 0 Å². The number of carbonyl (C=O) groups excluding carboxylic acids is 2. The van der Waals surface area contributed by atoms with E-state index in [1.54, 1.807) is 0 Å². The fourth-order valence-corrected chi connectivity index (χ4v) is 1.75. The monoisotopic (exact) mass is 242 g/mol. The number of hydrogen-bond acceptors (Lipinski definition) is 3. The van der Waals surface area contributed by atoms with Gasteiger partial charge in [-0.1, -0.05) is 32.6 Å². The van der Waals surface area contributed by atoms with E-state index in [1.165, 1.54) is 24.2 Å². The van der Waals surface area contributed by atoms with E-state index < -0.39 is 0 Å². The molecule has 0 aliphatic carbocycles. The van der Waals surface area contributed by atoms with E-state index in [0.29, 0.717) is 19.7 Å². The van der Waals surface area contributed by atoms with Crippen molar-refractivity contribution in [3.8, 4) is 0 Å². The van der Waals surface area contributed by atoms with Gasteiger partial charge in [-0.3, -0.25) is 9.69 Å². The molecule has 1 heterocycles. The van der Waals surface area contributed by atoms with Gasteiger partial charge in [0.15, 0.2) is 0 Å². The number of piperazine rings is 1. The Morgan fingerprint density at radius 3 is 2.82 bits per heavy atom. The highest BCUT2D eigenvalue weighted by Crippen LogP contribution is 2.04. The van der Waals surface area contributed by atoms with Crippen molar-refractivity contribution in [2.75, 3.05) is 26.2 Å². The van der Waals surface area contributed by atoms with Crippen LogP contribution in [0.2, 0.25) is 0 Å². The molecule has 0 aromatic carbocycles. The summed E-state index contributed by atoms with van der Waals surface area (Å²) in [5, 5.41) is 2.67. The molecule has 0 aromatic rings. The fourth-order valence-electron chi connectivity index (χ4n) is 1.75. The zero-order valence-electron chi connectivity index (χ0n) is 10.5. The van der Waals surface area contributed by atoms with Crippen molar-refractivity contribution in [2.24, 2.45) is 0 Å². The first-order valence-electron chi connectivity index (χ1n) is 6.42. The second-order valence-corrected chi connectivity index (χ2v) is 4.30. The Morgan fingerprint density at radius 1 is 1.35 bits per heavy atom. The molecule has 0 unspecified atom stereocenters. The molecule has 1 saturated heterocycles. The fraction of sp³-hybridized carbons (Fsp3) is 0.833. The zero-order valence-corrected chi connectivity index (χ0v) is 10.5. The van der Waals surface area contributed by atoms with E-state index in [1.807, 2.05) is 0 Å². The third-order valence-corrected chi connectivity index (χ3v) is 2.77. The van der Waals surface area contributed by atoms with Crippen molar-refractivity contribution in [3.05, 3.63) is 0 Å². The first-order chi connectivity index (χ1) is 8.24. The van der Waals surface area contributed by atoms with Gasteiger partial charge in [0.1, 0.15) is 6.54 Å². The average molecular weight is 242 g/mol. The van der Waals surface area contributed by atoms with Crippen molar-refractivity contribution >= 4 is 12.0 Å². The van der Waals surface area contributed by atoms with Gasteiger partial charge in [-0.15, -0.1) is 0 Å². The standard InChI is InChI=1S/C12H22N2O3/c1-2-3-4-5-6-9-17-12(16)14-8-7-13-11(15)10-14/h2-10H2,1H3,(H,13,15). The summed E-state index contributed by atoms with van der Waals surface area (Å²) in [7, 11) is 0. The molecule has 1 fully saturated rings. The lowest BCUT2D eigenvalue weighted by atomic mass is 10.2. The van der Waals surface area contributed by atoms with Crippen LogP contribution in [-0.2, 0) is 9.53 Å². The minimum absolute atomic E-state index is 0.115. The first kappa shape index (κ1) is 13.8. The van der Waals surface area contributed by atoms with Gasteiger partial charge in [-0.25, -0.2) is 4.79 Å². The first-order valence-corrected chi connectivity index (χ1v) is 6.42. The molecule has 1 rings (SSSR count). The maximum atomic E-state index is 11.6. The Kier molecular flexibility index (Phi) is 6.43. The molecule has 5 nitrogen and oxygen atoms in total. The summed E-state index contributed by atoms with van der Waals surface area (Å²) in [5.41, 5.74) is 0. The number of nitrogens with zero attached hydrogens (tertiary/aromatic N) is 1. The third-order valence-electron chi connectivity index (χ3n) is 2.77. The van der Waals surface area contributed by atoms with Crippen molar-refractivity contribution in [3.63, 3.8) is 0 Å². The van der Waals surface area contributed by atoms with E-state index in [9.17, 15) is 9.59 Å². The number of amides is 2. The normalized spacial score (nSPS) is 15.6. The Bertz CT molecular complexity index is 256. The molecule has 17 heavy (non-hydrogen) atoms. The van der Waals surface area contributed by atoms with Crippen LogP contribution in [0.5, 0.6) is 0 Å². The SMILES string of the molecule is CCCCCCCOC(=O)N1CCNC(=O)C1.